The van der Waals surface area contributed by atoms with Gasteiger partial charge in [0, 0.05) is 37.8 Å². The monoisotopic (exact) mass is 280 g/mol. The largest absolute Gasteiger partial charge is 0.496 e. The predicted octanol–water partition coefficient (Wildman–Crippen LogP) is 2.83. The Morgan fingerprint density at radius 2 is 2.00 bits per heavy atom. The van der Waals surface area contributed by atoms with Crippen molar-refractivity contribution in [1.82, 2.24) is 10.2 Å². The fourth-order valence-corrected chi connectivity index (χ4v) is 2.88. The van der Waals surface area contributed by atoms with Crippen molar-refractivity contribution in [3.63, 3.8) is 0 Å². The van der Waals surface area contributed by atoms with E-state index in [4.69, 9.17) is 4.74 Å². The second-order valence-electron chi connectivity index (χ2n) is 5.82. The number of benzene rings is 1. The van der Waals surface area contributed by atoms with E-state index in [1.165, 1.54) is 6.07 Å². The third kappa shape index (κ3) is 3.70. The number of hydrogen-bond donors (Lipinski definition) is 1. The fourth-order valence-electron chi connectivity index (χ4n) is 2.88. The molecule has 1 saturated heterocycles. The van der Waals surface area contributed by atoms with Crippen LogP contribution in [-0.2, 0) is 0 Å². The molecule has 0 amide bonds. The van der Waals surface area contributed by atoms with Crippen LogP contribution in [0.4, 0.5) is 4.39 Å². The molecule has 1 atom stereocenters. The Morgan fingerprint density at radius 3 is 2.60 bits per heavy atom. The van der Waals surface area contributed by atoms with E-state index in [9.17, 15) is 4.39 Å². The number of halogens is 1. The average Bonchev–Trinajstić information content (AvgIpc) is 2.45. The van der Waals surface area contributed by atoms with Gasteiger partial charge in [0.05, 0.1) is 7.11 Å². The van der Waals surface area contributed by atoms with Crippen LogP contribution >= 0.6 is 0 Å². The molecule has 3 nitrogen and oxygen atoms in total. The summed E-state index contributed by atoms with van der Waals surface area (Å²) in [6, 6.07) is 5.06. The van der Waals surface area contributed by atoms with Crippen molar-refractivity contribution in [2.24, 2.45) is 5.92 Å². The summed E-state index contributed by atoms with van der Waals surface area (Å²) in [6.07, 6.45) is 1.01. The molecule has 4 heteroatoms. The van der Waals surface area contributed by atoms with Gasteiger partial charge in [-0.1, -0.05) is 13.8 Å². The van der Waals surface area contributed by atoms with Crippen molar-refractivity contribution < 1.29 is 9.13 Å². The minimum Gasteiger partial charge on any atom is -0.496 e. The summed E-state index contributed by atoms with van der Waals surface area (Å²) in [5.41, 5.74) is 0.975. The van der Waals surface area contributed by atoms with E-state index >= 15 is 0 Å². The summed E-state index contributed by atoms with van der Waals surface area (Å²) in [5.74, 6) is 1.16. The van der Waals surface area contributed by atoms with Crippen molar-refractivity contribution in [2.45, 2.75) is 26.3 Å². The zero-order chi connectivity index (χ0) is 14.5. The molecular formula is C16H25FN2O. The maximum atomic E-state index is 13.7. The quantitative estimate of drug-likeness (QED) is 0.897. The van der Waals surface area contributed by atoms with E-state index in [1.54, 1.807) is 19.2 Å². The number of methoxy groups -OCH3 is 1. The normalized spacial score (nSPS) is 18.2. The van der Waals surface area contributed by atoms with Crippen LogP contribution in [0.25, 0.3) is 0 Å². The molecule has 0 spiro atoms. The second-order valence-corrected chi connectivity index (χ2v) is 5.82. The molecule has 1 fully saturated rings. The third-order valence-electron chi connectivity index (χ3n) is 3.84. The van der Waals surface area contributed by atoms with Gasteiger partial charge in [-0.25, -0.2) is 4.39 Å². The molecule has 0 unspecified atom stereocenters. The maximum Gasteiger partial charge on any atom is 0.123 e. The van der Waals surface area contributed by atoms with Crippen LogP contribution < -0.4 is 10.1 Å². The van der Waals surface area contributed by atoms with Crippen LogP contribution in [0.1, 0.15) is 31.9 Å². The summed E-state index contributed by atoms with van der Waals surface area (Å²) in [7, 11) is 1.65. The van der Waals surface area contributed by atoms with Gasteiger partial charge in [0.2, 0.25) is 0 Å². The van der Waals surface area contributed by atoms with Crippen LogP contribution in [0.2, 0.25) is 0 Å². The summed E-state index contributed by atoms with van der Waals surface area (Å²) >= 11 is 0. The zero-order valence-electron chi connectivity index (χ0n) is 12.7. The van der Waals surface area contributed by atoms with Gasteiger partial charge in [-0.2, -0.15) is 0 Å². The Hall–Kier alpha value is -1.13. The number of rotatable bonds is 5. The molecule has 0 aromatic heterocycles. The van der Waals surface area contributed by atoms with Gasteiger partial charge in [-0.05, 0) is 30.5 Å². The van der Waals surface area contributed by atoms with Gasteiger partial charge >= 0.3 is 0 Å². The number of ether oxygens (including phenoxy) is 1. The Kier molecular flexibility index (Phi) is 5.38. The number of nitrogens with zero attached hydrogens (tertiary/aromatic N) is 1. The topological polar surface area (TPSA) is 24.5 Å². The highest BCUT2D eigenvalue weighted by Gasteiger charge is 2.26. The second kappa shape index (κ2) is 7.04. The molecule has 20 heavy (non-hydrogen) atoms. The molecule has 1 aliphatic rings. The number of hydrogen-bond acceptors (Lipinski definition) is 3. The minimum absolute atomic E-state index is 0.190. The lowest BCUT2D eigenvalue weighted by atomic mass is 9.94. The highest BCUT2D eigenvalue weighted by Crippen LogP contribution is 2.34. The summed E-state index contributed by atoms with van der Waals surface area (Å²) in [4.78, 5) is 2.44. The Bertz CT molecular complexity index is 430. The molecule has 112 valence electrons. The van der Waals surface area contributed by atoms with Crippen LogP contribution in [0.15, 0.2) is 18.2 Å². The SMILES string of the molecule is COc1ccc(F)cc1[C@H](CC(C)C)N1CCNCC1. The standard InChI is InChI=1S/C16H25FN2O/c1-12(2)10-15(19-8-6-18-7-9-19)14-11-13(17)4-5-16(14)20-3/h4-5,11-12,15,18H,6-10H2,1-3H3/t15-/m0/s1. The Labute approximate surface area is 121 Å². The highest BCUT2D eigenvalue weighted by atomic mass is 19.1. The van der Waals surface area contributed by atoms with Crippen molar-refractivity contribution in [3.8, 4) is 5.75 Å². The van der Waals surface area contributed by atoms with Crippen LogP contribution in [0.3, 0.4) is 0 Å². The summed E-state index contributed by atoms with van der Waals surface area (Å²) < 4.78 is 19.1. The molecule has 1 N–H and O–H groups in total. The lowest BCUT2D eigenvalue weighted by Crippen LogP contribution is -2.45. The molecule has 2 rings (SSSR count). The predicted molar refractivity (Wildman–Crippen MR) is 79.6 cm³/mol. The van der Waals surface area contributed by atoms with E-state index in [0.29, 0.717) is 5.92 Å². The molecule has 1 aromatic carbocycles. The molecule has 1 aromatic rings. The van der Waals surface area contributed by atoms with Crippen molar-refractivity contribution in [3.05, 3.63) is 29.6 Å². The molecule has 1 heterocycles. The van der Waals surface area contributed by atoms with Gasteiger partial charge < -0.3 is 10.1 Å². The molecule has 0 aliphatic carbocycles. The average molecular weight is 280 g/mol. The van der Waals surface area contributed by atoms with E-state index in [0.717, 1.165) is 43.9 Å². The Morgan fingerprint density at radius 1 is 1.30 bits per heavy atom. The smallest absolute Gasteiger partial charge is 0.123 e. The molecule has 0 saturated carbocycles. The maximum absolute atomic E-state index is 13.7. The molecule has 0 radical (unpaired) electrons. The lowest BCUT2D eigenvalue weighted by molar-refractivity contribution is 0.151. The highest BCUT2D eigenvalue weighted by molar-refractivity contribution is 5.36. The van der Waals surface area contributed by atoms with Crippen molar-refractivity contribution in [2.75, 3.05) is 33.3 Å². The van der Waals surface area contributed by atoms with Crippen molar-refractivity contribution in [1.29, 1.82) is 0 Å². The van der Waals surface area contributed by atoms with E-state index < -0.39 is 0 Å². The minimum atomic E-state index is -0.190. The first kappa shape index (κ1) is 15.3. The lowest BCUT2D eigenvalue weighted by Gasteiger charge is -2.36. The molecule has 1 aliphatic heterocycles. The van der Waals surface area contributed by atoms with Gasteiger partial charge in [0.1, 0.15) is 11.6 Å². The van der Waals surface area contributed by atoms with Gasteiger partial charge in [-0.3, -0.25) is 4.90 Å². The van der Waals surface area contributed by atoms with Crippen LogP contribution in [0, 0.1) is 11.7 Å². The van der Waals surface area contributed by atoms with Crippen molar-refractivity contribution >= 4 is 0 Å². The van der Waals surface area contributed by atoms with E-state index in [2.05, 4.69) is 24.1 Å². The first-order valence-electron chi connectivity index (χ1n) is 7.40. The molecule has 0 bridgehead atoms. The van der Waals surface area contributed by atoms with Gasteiger partial charge in [0.15, 0.2) is 0 Å². The first-order valence-corrected chi connectivity index (χ1v) is 7.40. The van der Waals surface area contributed by atoms with Gasteiger partial charge in [0.25, 0.3) is 0 Å². The first-order chi connectivity index (χ1) is 9.61. The third-order valence-corrected chi connectivity index (χ3v) is 3.84. The Balaban J connectivity index is 2.31. The zero-order valence-corrected chi connectivity index (χ0v) is 12.7. The summed E-state index contributed by atoms with van der Waals surface area (Å²) in [5, 5.41) is 3.37. The number of nitrogens with one attached hydrogen (secondary N) is 1. The molecular weight excluding hydrogens is 255 g/mol. The van der Waals surface area contributed by atoms with Crippen LogP contribution in [-0.4, -0.2) is 38.2 Å². The summed E-state index contributed by atoms with van der Waals surface area (Å²) in [6.45, 7) is 8.40. The van der Waals surface area contributed by atoms with E-state index in [1.807, 2.05) is 0 Å². The number of piperazine rings is 1. The van der Waals surface area contributed by atoms with Crippen LogP contribution in [0.5, 0.6) is 5.75 Å². The van der Waals surface area contributed by atoms with Gasteiger partial charge in [-0.15, -0.1) is 0 Å². The van der Waals surface area contributed by atoms with E-state index in [-0.39, 0.29) is 11.9 Å². The fraction of sp³-hybridized carbons (Fsp3) is 0.625.